The first-order valence-electron chi connectivity index (χ1n) is 6.00. The molecule has 5 heteroatoms. The maximum Gasteiger partial charge on any atom is 0.0951 e. The van der Waals surface area contributed by atoms with E-state index in [-0.39, 0.29) is 0 Å². The fraction of sp³-hybridized carbons (Fsp3) is 0. The normalized spacial score (nSPS) is 10.7. The Morgan fingerprint density at radius 3 is 2.70 bits per heavy atom. The van der Waals surface area contributed by atoms with Crippen molar-refractivity contribution in [3.63, 3.8) is 0 Å². The van der Waals surface area contributed by atoms with Gasteiger partial charge < -0.3 is 11.1 Å². The number of rotatable bonds is 2. The minimum Gasteiger partial charge on any atom is -0.397 e. The number of pyridine rings is 1. The summed E-state index contributed by atoms with van der Waals surface area (Å²) in [5, 5.41) is 5.42. The van der Waals surface area contributed by atoms with Crippen molar-refractivity contribution >= 4 is 51.2 Å². The third kappa shape index (κ3) is 2.38. The summed E-state index contributed by atoms with van der Waals surface area (Å²) in [6.45, 7) is 0. The summed E-state index contributed by atoms with van der Waals surface area (Å²) in [4.78, 5) is 4.37. The number of fused-ring (bicyclic) bond motifs is 1. The van der Waals surface area contributed by atoms with Crippen LogP contribution in [0.2, 0.25) is 10.0 Å². The molecule has 0 bridgehead atoms. The second-order valence-electron chi connectivity index (χ2n) is 4.35. The second-order valence-corrected chi connectivity index (χ2v) is 5.19. The van der Waals surface area contributed by atoms with E-state index in [2.05, 4.69) is 10.3 Å². The van der Waals surface area contributed by atoms with Crippen LogP contribution in [0.15, 0.2) is 48.7 Å². The molecular weight excluding hydrogens is 293 g/mol. The lowest BCUT2D eigenvalue weighted by Gasteiger charge is -2.12. The first-order chi connectivity index (χ1) is 9.65. The molecule has 3 N–H and O–H groups in total. The van der Waals surface area contributed by atoms with Crippen LogP contribution in [-0.4, -0.2) is 4.98 Å². The molecule has 0 saturated heterocycles. The Balaban J connectivity index is 2.11. The van der Waals surface area contributed by atoms with Crippen LogP contribution < -0.4 is 11.1 Å². The average molecular weight is 304 g/mol. The lowest BCUT2D eigenvalue weighted by Crippen LogP contribution is -1.97. The number of anilines is 3. The molecule has 2 aromatic carbocycles. The minimum atomic E-state index is 0.618. The van der Waals surface area contributed by atoms with Gasteiger partial charge in [0, 0.05) is 16.6 Å². The highest BCUT2D eigenvalue weighted by Gasteiger charge is 2.07. The van der Waals surface area contributed by atoms with Gasteiger partial charge in [-0.25, -0.2) is 0 Å². The average Bonchev–Trinajstić information content (AvgIpc) is 2.46. The van der Waals surface area contributed by atoms with E-state index in [0.717, 1.165) is 22.3 Å². The van der Waals surface area contributed by atoms with Gasteiger partial charge in [-0.15, -0.1) is 0 Å². The Kier molecular flexibility index (Phi) is 3.38. The number of benzene rings is 2. The van der Waals surface area contributed by atoms with E-state index in [9.17, 15) is 0 Å². The van der Waals surface area contributed by atoms with Gasteiger partial charge in [-0.2, -0.15) is 0 Å². The first kappa shape index (κ1) is 13.0. The van der Waals surface area contributed by atoms with Crippen molar-refractivity contribution in [2.45, 2.75) is 0 Å². The quantitative estimate of drug-likeness (QED) is 0.664. The number of hydrogen-bond donors (Lipinski definition) is 2. The zero-order chi connectivity index (χ0) is 14.1. The molecule has 0 aliphatic carbocycles. The van der Waals surface area contributed by atoms with Crippen molar-refractivity contribution in [3.05, 3.63) is 58.7 Å². The highest BCUT2D eigenvalue weighted by Crippen LogP contribution is 2.32. The van der Waals surface area contributed by atoms with E-state index in [0.29, 0.717) is 15.7 Å². The minimum absolute atomic E-state index is 0.618. The van der Waals surface area contributed by atoms with E-state index in [1.165, 1.54) is 0 Å². The summed E-state index contributed by atoms with van der Waals surface area (Å²) in [6.07, 6.45) is 1.73. The molecule has 0 spiro atoms. The van der Waals surface area contributed by atoms with Crippen LogP contribution in [0.25, 0.3) is 10.9 Å². The Bertz CT molecular complexity index is 787. The van der Waals surface area contributed by atoms with Crippen molar-refractivity contribution in [1.29, 1.82) is 0 Å². The van der Waals surface area contributed by atoms with Gasteiger partial charge in [0.1, 0.15) is 0 Å². The molecular formula is C15H11Cl2N3. The molecule has 3 aromatic rings. The van der Waals surface area contributed by atoms with Crippen molar-refractivity contribution in [3.8, 4) is 0 Å². The van der Waals surface area contributed by atoms with Crippen molar-refractivity contribution in [2.24, 2.45) is 0 Å². The van der Waals surface area contributed by atoms with E-state index in [4.69, 9.17) is 28.9 Å². The summed E-state index contributed by atoms with van der Waals surface area (Å²) in [5.41, 5.74) is 8.93. The Labute approximate surface area is 126 Å². The molecule has 0 aliphatic heterocycles. The zero-order valence-corrected chi connectivity index (χ0v) is 11.9. The zero-order valence-electron chi connectivity index (χ0n) is 10.4. The molecule has 100 valence electrons. The maximum atomic E-state index is 6.17. The predicted octanol–water partition coefficient (Wildman–Crippen LogP) is 4.87. The third-order valence-electron chi connectivity index (χ3n) is 3.00. The highest BCUT2D eigenvalue weighted by molar-refractivity contribution is 6.35. The van der Waals surface area contributed by atoms with Crippen LogP contribution in [-0.2, 0) is 0 Å². The molecule has 0 aliphatic rings. The summed E-state index contributed by atoms with van der Waals surface area (Å²) < 4.78 is 0. The van der Waals surface area contributed by atoms with Gasteiger partial charge in [0.15, 0.2) is 0 Å². The lowest BCUT2D eigenvalue weighted by molar-refractivity contribution is 1.40. The molecule has 0 saturated carbocycles. The van der Waals surface area contributed by atoms with Crippen LogP contribution in [0, 0.1) is 0 Å². The summed E-state index contributed by atoms with van der Waals surface area (Å²) in [6, 6.07) is 12.8. The molecule has 0 amide bonds. The van der Waals surface area contributed by atoms with Crippen LogP contribution in [0.4, 0.5) is 17.1 Å². The first-order valence-corrected chi connectivity index (χ1v) is 6.76. The molecule has 0 fully saturated rings. The number of nitrogens with zero attached hydrogens (tertiary/aromatic N) is 1. The molecule has 1 aromatic heterocycles. The number of nitrogen functional groups attached to an aromatic ring is 1. The Morgan fingerprint density at radius 2 is 1.85 bits per heavy atom. The third-order valence-corrected chi connectivity index (χ3v) is 3.57. The van der Waals surface area contributed by atoms with E-state index in [1.54, 1.807) is 24.4 Å². The van der Waals surface area contributed by atoms with Gasteiger partial charge in [-0.3, -0.25) is 4.98 Å². The lowest BCUT2D eigenvalue weighted by atomic mass is 10.1. The monoisotopic (exact) mass is 303 g/mol. The molecule has 0 radical (unpaired) electrons. The maximum absolute atomic E-state index is 6.17. The largest absolute Gasteiger partial charge is 0.397 e. The smallest absolute Gasteiger partial charge is 0.0951 e. The SMILES string of the molecule is Nc1ccc(Cl)cc1Nc1ccc(Cl)c2cccnc12. The topological polar surface area (TPSA) is 50.9 Å². The van der Waals surface area contributed by atoms with Gasteiger partial charge >= 0.3 is 0 Å². The van der Waals surface area contributed by atoms with Crippen molar-refractivity contribution in [2.75, 3.05) is 11.1 Å². The van der Waals surface area contributed by atoms with Crippen LogP contribution in [0.1, 0.15) is 0 Å². The van der Waals surface area contributed by atoms with Gasteiger partial charge in [0.05, 0.1) is 27.6 Å². The summed E-state index contributed by atoms with van der Waals surface area (Å²) in [5.74, 6) is 0. The van der Waals surface area contributed by atoms with Crippen molar-refractivity contribution < 1.29 is 0 Å². The van der Waals surface area contributed by atoms with Gasteiger partial charge in [0.2, 0.25) is 0 Å². The van der Waals surface area contributed by atoms with E-state index >= 15 is 0 Å². The van der Waals surface area contributed by atoms with Gasteiger partial charge in [-0.05, 0) is 42.5 Å². The molecule has 0 unspecified atom stereocenters. The Hall–Kier alpha value is -1.97. The number of nitrogens with one attached hydrogen (secondary N) is 1. The fourth-order valence-corrected chi connectivity index (χ4v) is 2.41. The molecule has 3 rings (SSSR count). The molecule has 3 nitrogen and oxygen atoms in total. The molecule has 0 atom stereocenters. The van der Waals surface area contributed by atoms with Crippen molar-refractivity contribution in [1.82, 2.24) is 4.98 Å². The predicted molar refractivity (Wildman–Crippen MR) is 85.9 cm³/mol. The molecule has 1 heterocycles. The summed E-state index contributed by atoms with van der Waals surface area (Å²) in [7, 11) is 0. The number of hydrogen-bond acceptors (Lipinski definition) is 3. The van der Waals surface area contributed by atoms with E-state index in [1.807, 2.05) is 24.3 Å². The van der Waals surface area contributed by atoms with Crippen LogP contribution in [0.3, 0.4) is 0 Å². The Morgan fingerprint density at radius 1 is 1.00 bits per heavy atom. The number of nitrogens with two attached hydrogens (primary N) is 1. The van der Waals surface area contributed by atoms with Gasteiger partial charge in [0.25, 0.3) is 0 Å². The number of halogens is 2. The summed E-state index contributed by atoms with van der Waals surface area (Å²) >= 11 is 12.2. The van der Waals surface area contributed by atoms with E-state index < -0.39 is 0 Å². The van der Waals surface area contributed by atoms with Gasteiger partial charge in [-0.1, -0.05) is 23.2 Å². The molecule has 20 heavy (non-hydrogen) atoms. The van der Waals surface area contributed by atoms with Crippen LogP contribution in [0.5, 0.6) is 0 Å². The van der Waals surface area contributed by atoms with Crippen LogP contribution >= 0.6 is 23.2 Å². The number of aromatic nitrogens is 1. The fourth-order valence-electron chi connectivity index (χ4n) is 2.02. The highest BCUT2D eigenvalue weighted by atomic mass is 35.5. The standard InChI is InChI=1S/C15H11Cl2N3/c16-9-3-5-12(18)14(8-9)20-13-6-4-11(17)10-2-1-7-19-15(10)13/h1-8,20H,18H2. The second kappa shape index (κ2) is 5.19.